The van der Waals surface area contributed by atoms with Crippen LogP contribution in [0.4, 0.5) is 13.2 Å². The highest BCUT2D eigenvalue weighted by atomic mass is 19.4. The van der Waals surface area contributed by atoms with Gasteiger partial charge in [-0.05, 0) is 12.1 Å². The summed E-state index contributed by atoms with van der Waals surface area (Å²) in [5.74, 6) is -1.66. The predicted molar refractivity (Wildman–Crippen MR) is 56.9 cm³/mol. The number of pyridine rings is 1. The van der Waals surface area contributed by atoms with Crippen molar-refractivity contribution < 1.29 is 22.7 Å². The fraction of sp³-hybridized carbons (Fsp3) is 0.0909. The molecule has 0 saturated heterocycles. The molecule has 0 bridgehead atoms. The van der Waals surface area contributed by atoms with E-state index in [1.54, 1.807) is 6.07 Å². The van der Waals surface area contributed by atoms with Crippen LogP contribution >= 0.6 is 0 Å². The third-order valence-electron chi connectivity index (χ3n) is 2.21. The molecule has 2 rings (SSSR count). The largest absolute Gasteiger partial charge is 0.573 e. The van der Waals surface area contributed by atoms with Gasteiger partial charge in [0.1, 0.15) is 5.56 Å². The standard InChI is InChI=1S/C11H7F3N2O2/c12-11(13,14)18-9-6-3-1-2-4-8(6)16-5-7(9)10(15)17/h1-5H,(H2,15,17). The van der Waals surface area contributed by atoms with Crippen molar-refractivity contribution in [3.8, 4) is 5.75 Å². The van der Waals surface area contributed by atoms with Crippen molar-refractivity contribution in [2.45, 2.75) is 6.36 Å². The van der Waals surface area contributed by atoms with Gasteiger partial charge in [0.2, 0.25) is 0 Å². The number of nitrogens with zero attached hydrogens (tertiary/aromatic N) is 1. The van der Waals surface area contributed by atoms with Gasteiger partial charge in [-0.2, -0.15) is 0 Å². The van der Waals surface area contributed by atoms with Gasteiger partial charge in [0.05, 0.1) is 5.52 Å². The third kappa shape index (κ3) is 2.34. The smallest absolute Gasteiger partial charge is 0.404 e. The summed E-state index contributed by atoms with van der Waals surface area (Å²) in [6, 6.07) is 5.99. The van der Waals surface area contributed by atoms with Crippen LogP contribution < -0.4 is 10.5 Å². The Labute approximate surface area is 99.2 Å². The van der Waals surface area contributed by atoms with Gasteiger partial charge in [0.15, 0.2) is 5.75 Å². The number of para-hydroxylation sites is 1. The first kappa shape index (κ1) is 12.2. The maximum Gasteiger partial charge on any atom is 0.573 e. The van der Waals surface area contributed by atoms with E-state index >= 15 is 0 Å². The highest BCUT2D eigenvalue weighted by Crippen LogP contribution is 2.32. The molecule has 2 aromatic rings. The zero-order valence-electron chi connectivity index (χ0n) is 8.86. The summed E-state index contributed by atoms with van der Waals surface area (Å²) in [4.78, 5) is 14.9. The topological polar surface area (TPSA) is 65.2 Å². The molecule has 2 N–H and O–H groups in total. The van der Waals surface area contributed by atoms with Crippen LogP contribution in [0.1, 0.15) is 10.4 Å². The number of fused-ring (bicyclic) bond motifs is 1. The van der Waals surface area contributed by atoms with Crippen LogP contribution in [-0.2, 0) is 0 Å². The van der Waals surface area contributed by atoms with E-state index in [9.17, 15) is 18.0 Å². The maximum absolute atomic E-state index is 12.3. The monoisotopic (exact) mass is 256 g/mol. The van der Waals surface area contributed by atoms with E-state index in [0.717, 1.165) is 6.20 Å². The number of carbonyl (C=O) groups is 1. The first-order chi connectivity index (χ1) is 8.38. The highest BCUT2D eigenvalue weighted by Gasteiger charge is 2.33. The van der Waals surface area contributed by atoms with Crippen molar-refractivity contribution in [3.05, 3.63) is 36.0 Å². The molecule has 0 radical (unpaired) electrons. The molecule has 0 unspecified atom stereocenters. The summed E-state index contributed by atoms with van der Waals surface area (Å²) in [5, 5.41) is 0.0751. The van der Waals surface area contributed by atoms with Gasteiger partial charge in [0.25, 0.3) is 5.91 Å². The Morgan fingerprint density at radius 2 is 1.94 bits per heavy atom. The van der Waals surface area contributed by atoms with Crippen LogP contribution in [0.3, 0.4) is 0 Å². The van der Waals surface area contributed by atoms with E-state index in [2.05, 4.69) is 9.72 Å². The summed E-state index contributed by atoms with van der Waals surface area (Å²) in [6.45, 7) is 0. The quantitative estimate of drug-likeness (QED) is 0.896. The summed E-state index contributed by atoms with van der Waals surface area (Å²) in [6.07, 6.45) is -3.94. The fourth-order valence-corrected chi connectivity index (χ4v) is 1.52. The number of hydrogen-bond donors (Lipinski definition) is 1. The molecule has 0 aliphatic rings. The van der Waals surface area contributed by atoms with E-state index in [-0.39, 0.29) is 10.9 Å². The van der Waals surface area contributed by atoms with Gasteiger partial charge in [-0.3, -0.25) is 9.78 Å². The minimum absolute atomic E-state index is 0.0751. The lowest BCUT2D eigenvalue weighted by Gasteiger charge is -2.13. The molecule has 0 spiro atoms. The van der Waals surface area contributed by atoms with Gasteiger partial charge < -0.3 is 10.5 Å². The van der Waals surface area contributed by atoms with E-state index in [1.807, 2.05) is 0 Å². The van der Waals surface area contributed by atoms with Crippen molar-refractivity contribution in [3.63, 3.8) is 0 Å². The Balaban J connectivity index is 2.70. The molecule has 94 valence electrons. The lowest BCUT2D eigenvalue weighted by atomic mass is 10.1. The van der Waals surface area contributed by atoms with Crippen molar-refractivity contribution in [1.29, 1.82) is 0 Å². The number of aromatic nitrogens is 1. The second-order valence-electron chi connectivity index (χ2n) is 3.43. The van der Waals surface area contributed by atoms with Gasteiger partial charge in [0, 0.05) is 11.6 Å². The van der Waals surface area contributed by atoms with Gasteiger partial charge in [-0.15, -0.1) is 13.2 Å². The van der Waals surface area contributed by atoms with Gasteiger partial charge >= 0.3 is 6.36 Å². The molecule has 0 saturated carbocycles. The van der Waals surface area contributed by atoms with Crippen LogP contribution in [0.25, 0.3) is 10.9 Å². The molecular formula is C11H7F3N2O2. The number of hydrogen-bond acceptors (Lipinski definition) is 3. The van der Waals surface area contributed by atoms with E-state index in [4.69, 9.17) is 5.73 Å². The van der Waals surface area contributed by atoms with Crippen LogP contribution in [0.15, 0.2) is 30.5 Å². The number of nitrogens with two attached hydrogens (primary N) is 1. The average Bonchev–Trinajstić information content (AvgIpc) is 2.27. The Bertz CT molecular complexity index is 611. The molecule has 0 aliphatic heterocycles. The van der Waals surface area contributed by atoms with Crippen molar-refractivity contribution in [1.82, 2.24) is 4.98 Å². The summed E-state index contributed by atoms with van der Waals surface area (Å²) >= 11 is 0. The molecule has 4 nitrogen and oxygen atoms in total. The molecule has 0 fully saturated rings. The lowest BCUT2D eigenvalue weighted by molar-refractivity contribution is -0.274. The molecule has 0 atom stereocenters. The number of alkyl halides is 3. The number of rotatable bonds is 2. The number of amides is 1. The van der Waals surface area contributed by atoms with Gasteiger partial charge in [-0.1, -0.05) is 12.1 Å². The first-order valence-corrected chi connectivity index (χ1v) is 4.82. The van der Waals surface area contributed by atoms with Crippen molar-refractivity contribution >= 4 is 16.8 Å². The van der Waals surface area contributed by atoms with E-state index in [0.29, 0.717) is 0 Å². The summed E-state index contributed by atoms with van der Waals surface area (Å²) < 4.78 is 40.8. The number of ether oxygens (including phenoxy) is 1. The highest BCUT2D eigenvalue weighted by molar-refractivity contribution is 6.01. The molecule has 1 aromatic heterocycles. The fourth-order valence-electron chi connectivity index (χ4n) is 1.52. The van der Waals surface area contributed by atoms with Crippen LogP contribution in [0.2, 0.25) is 0 Å². The molecule has 1 aromatic carbocycles. The lowest BCUT2D eigenvalue weighted by Crippen LogP contribution is -2.21. The van der Waals surface area contributed by atoms with Crippen LogP contribution in [0.5, 0.6) is 5.75 Å². The molecule has 0 aliphatic carbocycles. The normalized spacial score (nSPS) is 11.5. The summed E-state index contributed by atoms with van der Waals surface area (Å²) in [7, 11) is 0. The number of benzene rings is 1. The molecule has 1 heterocycles. The Morgan fingerprint density at radius 3 is 2.56 bits per heavy atom. The SMILES string of the molecule is NC(=O)c1cnc2ccccc2c1OC(F)(F)F. The minimum Gasteiger partial charge on any atom is -0.404 e. The van der Waals surface area contributed by atoms with E-state index < -0.39 is 23.6 Å². The Morgan fingerprint density at radius 1 is 1.28 bits per heavy atom. The van der Waals surface area contributed by atoms with Crippen LogP contribution in [-0.4, -0.2) is 17.3 Å². The molecule has 7 heteroatoms. The zero-order chi connectivity index (χ0) is 13.3. The Kier molecular flexibility index (Phi) is 2.82. The van der Waals surface area contributed by atoms with Crippen molar-refractivity contribution in [2.75, 3.05) is 0 Å². The minimum atomic E-state index is -4.91. The third-order valence-corrected chi connectivity index (χ3v) is 2.21. The van der Waals surface area contributed by atoms with Gasteiger partial charge in [-0.25, -0.2) is 0 Å². The van der Waals surface area contributed by atoms with Crippen LogP contribution in [0, 0.1) is 0 Å². The molecule has 1 amide bonds. The second kappa shape index (κ2) is 4.17. The first-order valence-electron chi connectivity index (χ1n) is 4.82. The summed E-state index contributed by atoms with van der Waals surface area (Å²) in [5.41, 5.74) is 4.87. The number of halogens is 3. The number of primary amides is 1. The molecule has 18 heavy (non-hydrogen) atoms. The predicted octanol–water partition coefficient (Wildman–Crippen LogP) is 2.23. The van der Waals surface area contributed by atoms with Crippen molar-refractivity contribution in [2.24, 2.45) is 5.73 Å². The zero-order valence-corrected chi connectivity index (χ0v) is 8.86. The Hall–Kier alpha value is -2.31. The molecular weight excluding hydrogens is 249 g/mol. The van der Waals surface area contributed by atoms with E-state index in [1.165, 1.54) is 18.2 Å². The number of carbonyl (C=O) groups excluding carboxylic acids is 1. The average molecular weight is 256 g/mol. The second-order valence-corrected chi connectivity index (χ2v) is 3.43. The maximum atomic E-state index is 12.3.